The minimum atomic E-state index is 1.07. The maximum atomic E-state index is 2.35. The van der Waals surface area contributed by atoms with E-state index in [4.69, 9.17) is 0 Å². The first-order valence-corrected chi connectivity index (χ1v) is 9.06. The molecule has 0 nitrogen and oxygen atoms in total. The molecule has 0 N–H and O–H groups in total. The van der Waals surface area contributed by atoms with Crippen molar-refractivity contribution in [1.82, 2.24) is 0 Å². The molecule has 24 heavy (non-hydrogen) atoms. The van der Waals surface area contributed by atoms with Crippen LogP contribution in [-0.4, -0.2) is 0 Å². The smallest absolute Gasteiger partial charge is 0.0152 e. The zero-order valence-electron chi connectivity index (χ0n) is 15.0. The van der Waals surface area contributed by atoms with Crippen molar-refractivity contribution in [3.63, 3.8) is 0 Å². The number of benzene rings is 3. The van der Waals surface area contributed by atoms with Gasteiger partial charge in [-0.3, -0.25) is 0 Å². The summed E-state index contributed by atoms with van der Waals surface area (Å²) in [6.45, 7) is 6.65. The van der Waals surface area contributed by atoms with E-state index in [1.807, 2.05) is 0 Å². The monoisotopic (exact) mass is 314 g/mol. The minimum absolute atomic E-state index is 1.07. The van der Waals surface area contributed by atoms with Gasteiger partial charge < -0.3 is 0 Å². The average Bonchev–Trinajstić information content (AvgIpc) is 2.67. The summed E-state index contributed by atoms with van der Waals surface area (Å²) in [6.07, 6.45) is 3.26. The van der Waals surface area contributed by atoms with Gasteiger partial charge in [0.05, 0.1) is 0 Å². The Hall–Kier alpha value is -2.34. The van der Waals surface area contributed by atoms with Crippen LogP contribution >= 0.6 is 0 Å². The summed E-state index contributed by atoms with van der Waals surface area (Å²) in [4.78, 5) is 0. The second-order valence-electron chi connectivity index (χ2n) is 6.33. The molecule has 0 radical (unpaired) electrons. The molecule has 0 heterocycles. The molecule has 3 rings (SSSR count). The van der Waals surface area contributed by atoms with Crippen LogP contribution in [0.2, 0.25) is 0 Å². The van der Waals surface area contributed by atoms with Gasteiger partial charge in [0.25, 0.3) is 0 Å². The lowest BCUT2D eigenvalue weighted by atomic mass is 9.94. The Labute approximate surface area is 146 Å². The van der Waals surface area contributed by atoms with Crippen molar-refractivity contribution in [2.24, 2.45) is 0 Å². The van der Waals surface area contributed by atoms with Crippen molar-refractivity contribution < 1.29 is 0 Å². The third-order valence-electron chi connectivity index (χ3n) is 4.85. The molecular formula is C24H26. The van der Waals surface area contributed by atoms with Crippen molar-refractivity contribution in [1.29, 1.82) is 0 Å². The van der Waals surface area contributed by atoms with Gasteiger partial charge in [0, 0.05) is 0 Å². The van der Waals surface area contributed by atoms with Crippen LogP contribution in [0.5, 0.6) is 0 Å². The SMILES string of the molecule is CCc1ccc(-c2ccc(-c3ccc(CC)cc3CC)cc2)cc1. The highest BCUT2D eigenvalue weighted by Gasteiger charge is 2.06. The van der Waals surface area contributed by atoms with Crippen LogP contribution in [0.25, 0.3) is 22.3 Å². The highest BCUT2D eigenvalue weighted by Crippen LogP contribution is 2.28. The molecule has 0 aliphatic rings. The van der Waals surface area contributed by atoms with E-state index in [0.717, 1.165) is 19.3 Å². The van der Waals surface area contributed by atoms with E-state index in [9.17, 15) is 0 Å². The maximum absolute atomic E-state index is 2.35. The van der Waals surface area contributed by atoms with E-state index in [-0.39, 0.29) is 0 Å². The Kier molecular flexibility index (Phi) is 5.15. The molecule has 0 saturated heterocycles. The molecule has 0 heteroatoms. The molecule has 0 spiro atoms. The van der Waals surface area contributed by atoms with Crippen LogP contribution in [0, 0.1) is 0 Å². The molecule has 0 aliphatic carbocycles. The second kappa shape index (κ2) is 7.49. The fourth-order valence-electron chi connectivity index (χ4n) is 3.22. The highest BCUT2D eigenvalue weighted by atomic mass is 14.1. The summed E-state index contributed by atoms with van der Waals surface area (Å²) in [5, 5.41) is 0. The molecule has 0 saturated carbocycles. The van der Waals surface area contributed by atoms with Gasteiger partial charge in [-0.25, -0.2) is 0 Å². The van der Waals surface area contributed by atoms with Crippen LogP contribution < -0.4 is 0 Å². The van der Waals surface area contributed by atoms with Crippen molar-refractivity contribution in [3.05, 3.63) is 83.4 Å². The lowest BCUT2D eigenvalue weighted by Crippen LogP contribution is -1.91. The predicted molar refractivity (Wildman–Crippen MR) is 105 cm³/mol. The second-order valence-corrected chi connectivity index (χ2v) is 6.33. The third-order valence-corrected chi connectivity index (χ3v) is 4.85. The van der Waals surface area contributed by atoms with Crippen LogP contribution in [0.4, 0.5) is 0 Å². The largest absolute Gasteiger partial charge is 0.0613 e. The van der Waals surface area contributed by atoms with E-state index in [1.54, 1.807) is 0 Å². The molecule has 0 fully saturated rings. The fraction of sp³-hybridized carbons (Fsp3) is 0.250. The van der Waals surface area contributed by atoms with E-state index in [1.165, 1.54) is 38.9 Å². The summed E-state index contributed by atoms with van der Waals surface area (Å²) in [7, 11) is 0. The molecule has 0 unspecified atom stereocenters. The lowest BCUT2D eigenvalue weighted by molar-refractivity contribution is 1.09. The molecule has 0 aliphatic heterocycles. The summed E-state index contributed by atoms with van der Waals surface area (Å²) >= 11 is 0. The molecule has 0 bridgehead atoms. The van der Waals surface area contributed by atoms with Crippen LogP contribution in [-0.2, 0) is 19.3 Å². The van der Waals surface area contributed by atoms with E-state index >= 15 is 0 Å². The predicted octanol–water partition coefficient (Wildman–Crippen LogP) is 6.71. The number of rotatable bonds is 5. The summed E-state index contributed by atoms with van der Waals surface area (Å²) in [6, 6.07) is 24.8. The quantitative estimate of drug-likeness (QED) is 0.491. The standard InChI is InChI=1S/C24H26/c1-4-18-7-10-21(11-8-18)22-12-14-23(15-13-22)24-16-9-19(5-2)17-20(24)6-3/h7-17H,4-6H2,1-3H3. The molecule has 122 valence electrons. The van der Waals surface area contributed by atoms with Gasteiger partial charge in [0.1, 0.15) is 0 Å². The molecule has 3 aromatic rings. The molecule has 0 amide bonds. The molecular weight excluding hydrogens is 288 g/mol. The topological polar surface area (TPSA) is 0 Å². The number of hydrogen-bond donors (Lipinski definition) is 0. The third kappa shape index (κ3) is 3.43. The Balaban J connectivity index is 1.91. The number of hydrogen-bond acceptors (Lipinski definition) is 0. The lowest BCUT2D eigenvalue weighted by Gasteiger charge is -2.11. The van der Waals surface area contributed by atoms with E-state index in [2.05, 4.69) is 87.5 Å². The average molecular weight is 314 g/mol. The van der Waals surface area contributed by atoms with Gasteiger partial charge in [0.2, 0.25) is 0 Å². The zero-order valence-corrected chi connectivity index (χ0v) is 15.0. The minimum Gasteiger partial charge on any atom is -0.0613 e. The van der Waals surface area contributed by atoms with Gasteiger partial charge >= 0.3 is 0 Å². The van der Waals surface area contributed by atoms with E-state index < -0.39 is 0 Å². The van der Waals surface area contributed by atoms with Crippen molar-refractivity contribution in [2.75, 3.05) is 0 Å². The molecule has 0 atom stereocenters. The first-order chi connectivity index (χ1) is 11.7. The first kappa shape index (κ1) is 16.5. The van der Waals surface area contributed by atoms with Crippen LogP contribution in [0.3, 0.4) is 0 Å². The van der Waals surface area contributed by atoms with Gasteiger partial charge in [-0.05, 0) is 58.2 Å². The summed E-state index contributed by atoms with van der Waals surface area (Å²) in [5.74, 6) is 0. The van der Waals surface area contributed by atoms with Crippen molar-refractivity contribution in [3.8, 4) is 22.3 Å². The van der Waals surface area contributed by atoms with Gasteiger partial charge in [-0.1, -0.05) is 87.5 Å². The Morgan fingerprint density at radius 3 is 1.54 bits per heavy atom. The van der Waals surface area contributed by atoms with Gasteiger partial charge in [-0.2, -0.15) is 0 Å². The highest BCUT2D eigenvalue weighted by molar-refractivity contribution is 5.72. The maximum Gasteiger partial charge on any atom is -0.0152 e. The van der Waals surface area contributed by atoms with Crippen molar-refractivity contribution >= 4 is 0 Å². The summed E-state index contributed by atoms with van der Waals surface area (Å²) in [5.41, 5.74) is 9.49. The fourth-order valence-corrected chi connectivity index (χ4v) is 3.22. The van der Waals surface area contributed by atoms with Crippen LogP contribution in [0.15, 0.2) is 66.7 Å². The van der Waals surface area contributed by atoms with Crippen LogP contribution in [0.1, 0.15) is 37.5 Å². The van der Waals surface area contributed by atoms with E-state index in [0.29, 0.717) is 0 Å². The van der Waals surface area contributed by atoms with Crippen molar-refractivity contribution in [2.45, 2.75) is 40.0 Å². The molecule has 0 aromatic heterocycles. The normalized spacial score (nSPS) is 10.8. The zero-order chi connectivity index (χ0) is 16.9. The van der Waals surface area contributed by atoms with Gasteiger partial charge in [-0.15, -0.1) is 0 Å². The Bertz CT molecular complexity index is 792. The first-order valence-electron chi connectivity index (χ1n) is 9.06. The Morgan fingerprint density at radius 2 is 1.00 bits per heavy atom. The van der Waals surface area contributed by atoms with Gasteiger partial charge in [0.15, 0.2) is 0 Å². The number of aryl methyl sites for hydroxylation is 3. The Morgan fingerprint density at radius 1 is 0.500 bits per heavy atom. The summed E-state index contributed by atoms with van der Waals surface area (Å²) < 4.78 is 0. The molecule has 3 aromatic carbocycles.